The molecule has 0 aromatic heterocycles. The summed E-state index contributed by atoms with van der Waals surface area (Å²) in [5.74, 6) is 0.167. The first-order valence-corrected chi connectivity index (χ1v) is 13.4. The molecule has 0 fully saturated rings. The van der Waals surface area contributed by atoms with Crippen molar-refractivity contribution in [3.8, 4) is 11.5 Å². The molecule has 0 aliphatic carbocycles. The molecule has 0 N–H and O–H groups in total. The van der Waals surface area contributed by atoms with Crippen LogP contribution in [-0.2, 0) is 33.0 Å². The maximum absolute atomic E-state index is 14.1. The van der Waals surface area contributed by atoms with Crippen LogP contribution in [0.3, 0.4) is 0 Å². The van der Waals surface area contributed by atoms with E-state index in [4.69, 9.17) is 18.5 Å². The summed E-state index contributed by atoms with van der Waals surface area (Å²) in [7, 11) is -1.24. The second kappa shape index (κ2) is 12.0. The first-order chi connectivity index (χ1) is 18.7. The van der Waals surface area contributed by atoms with E-state index in [2.05, 4.69) is 0 Å². The quantitative estimate of drug-likeness (QED) is 0.105. The van der Waals surface area contributed by atoms with Crippen LogP contribution in [0.15, 0.2) is 78.9 Å². The van der Waals surface area contributed by atoms with Crippen LogP contribution in [-0.4, -0.2) is 24.1 Å². The van der Waals surface area contributed by atoms with Gasteiger partial charge in [-0.25, -0.2) is 0 Å². The van der Waals surface area contributed by atoms with Crippen molar-refractivity contribution in [2.45, 2.75) is 19.4 Å². The van der Waals surface area contributed by atoms with Gasteiger partial charge in [0.05, 0.1) is 43.4 Å². The first-order valence-electron chi connectivity index (χ1n) is 11.7. The van der Waals surface area contributed by atoms with Crippen LogP contribution in [0.2, 0.25) is 0 Å². The van der Waals surface area contributed by atoms with Gasteiger partial charge in [-0.15, -0.1) is 0 Å². The van der Waals surface area contributed by atoms with Crippen LogP contribution in [0.25, 0.3) is 10.8 Å². The van der Waals surface area contributed by atoms with Crippen molar-refractivity contribution >= 4 is 29.7 Å². The Kier molecular flexibility index (Phi) is 8.55. The largest absolute Gasteiger partial charge is 0.490 e. The minimum Gasteiger partial charge on any atom is -0.490 e. The van der Waals surface area contributed by atoms with E-state index in [1.165, 1.54) is 38.5 Å². The zero-order valence-electron chi connectivity index (χ0n) is 21.1. The average molecular weight is 552 g/mol. The number of ether oxygens (including phenoxy) is 2. The molecule has 0 saturated heterocycles. The standard InChI is InChI=1S/C27H25N2O9P/c1-35-26-12-10-19(14-24(26)28(30)31)16-37-39(34,18-22-8-5-7-21-6-3-4-9-23(21)22)38-17-20-11-13-27(36-2)25(15-20)29(32)33/h3-15H,16-18H2,1-2H3. The summed E-state index contributed by atoms with van der Waals surface area (Å²) in [6, 6.07) is 21.7. The third-order valence-electron chi connectivity index (χ3n) is 5.98. The van der Waals surface area contributed by atoms with E-state index >= 15 is 0 Å². The van der Waals surface area contributed by atoms with E-state index in [0.717, 1.165) is 16.3 Å². The summed E-state index contributed by atoms with van der Waals surface area (Å²) in [4.78, 5) is 21.7. The van der Waals surface area contributed by atoms with Crippen molar-refractivity contribution in [1.82, 2.24) is 0 Å². The van der Waals surface area contributed by atoms with Gasteiger partial charge in [0.1, 0.15) is 0 Å². The molecule has 0 amide bonds. The van der Waals surface area contributed by atoms with Crippen molar-refractivity contribution in [2.24, 2.45) is 0 Å². The zero-order valence-corrected chi connectivity index (χ0v) is 22.0. The summed E-state index contributed by atoms with van der Waals surface area (Å²) >= 11 is 0. The molecule has 11 nitrogen and oxygen atoms in total. The minimum atomic E-state index is -3.89. The van der Waals surface area contributed by atoms with Crippen LogP contribution in [0.5, 0.6) is 11.5 Å². The number of benzene rings is 4. The van der Waals surface area contributed by atoms with Gasteiger partial charge in [0.2, 0.25) is 0 Å². The lowest BCUT2D eigenvalue weighted by molar-refractivity contribution is -0.386. The molecule has 4 aromatic rings. The van der Waals surface area contributed by atoms with Gasteiger partial charge in [0, 0.05) is 12.1 Å². The Morgan fingerprint density at radius 2 is 1.23 bits per heavy atom. The Labute approximate surface area is 223 Å². The van der Waals surface area contributed by atoms with Gasteiger partial charge in [0.15, 0.2) is 11.5 Å². The van der Waals surface area contributed by atoms with Gasteiger partial charge in [0.25, 0.3) is 0 Å². The number of hydrogen-bond donors (Lipinski definition) is 0. The Balaban J connectivity index is 1.63. The van der Waals surface area contributed by atoms with E-state index in [1.54, 1.807) is 12.1 Å². The highest BCUT2D eigenvalue weighted by Gasteiger charge is 2.28. The van der Waals surface area contributed by atoms with Crippen molar-refractivity contribution < 1.29 is 32.9 Å². The van der Waals surface area contributed by atoms with E-state index in [0.29, 0.717) is 11.1 Å². The highest BCUT2D eigenvalue weighted by atomic mass is 31.2. The fraction of sp³-hybridized carbons (Fsp3) is 0.185. The van der Waals surface area contributed by atoms with Crippen molar-refractivity contribution in [2.75, 3.05) is 14.2 Å². The molecular formula is C27H25N2O9P. The van der Waals surface area contributed by atoms with Gasteiger partial charge in [-0.05, 0) is 39.6 Å². The number of rotatable bonds is 12. The highest BCUT2D eigenvalue weighted by Crippen LogP contribution is 2.54. The van der Waals surface area contributed by atoms with Crippen LogP contribution in [0.1, 0.15) is 16.7 Å². The molecule has 0 aliphatic heterocycles. The minimum absolute atomic E-state index is 0.0834. The Morgan fingerprint density at radius 3 is 1.74 bits per heavy atom. The lowest BCUT2D eigenvalue weighted by Gasteiger charge is -2.20. The topological polar surface area (TPSA) is 140 Å². The maximum Gasteiger partial charge on any atom is 0.335 e. The van der Waals surface area contributed by atoms with Gasteiger partial charge in [-0.2, -0.15) is 0 Å². The molecule has 0 radical (unpaired) electrons. The Bertz CT molecular complexity index is 1500. The molecule has 0 aliphatic rings. The van der Waals surface area contributed by atoms with Gasteiger partial charge in [-0.3, -0.25) is 24.8 Å². The molecule has 202 valence electrons. The molecule has 12 heteroatoms. The fourth-order valence-corrected chi connectivity index (χ4v) is 5.69. The SMILES string of the molecule is COc1ccc(COP(=O)(Cc2cccc3ccccc23)OCc2ccc(OC)c([N+](=O)[O-])c2)cc1[N+](=O)[O-]. The summed E-state index contributed by atoms with van der Waals surface area (Å²) < 4.78 is 35.8. The van der Waals surface area contributed by atoms with Gasteiger partial charge < -0.3 is 18.5 Å². The number of nitrogens with zero attached hydrogens (tertiary/aromatic N) is 2. The molecular weight excluding hydrogens is 527 g/mol. The smallest absolute Gasteiger partial charge is 0.335 e. The zero-order chi connectivity index (χ0) is 28.0. The lowest BCUT2D eigenvalue weighted by Crippen LogP contribution is -2.03. The van der Waals surface area contributed by atoms with Crippen LogP contribution >= 0.6 is 7.60 Å². The maximum atomic E-state index is 14.1. The molecule has 39 heavy (non-hydrogen) atoms. The van der Waals surface area contributed by atoms with Crippen LogP contribution in [0.4, 0.5) is 11.4 Å². The van der Waals surface area contributed by atoms with E-state index < -0.39 is 17.4 Å². The second-order valence-electron chi connectivity index (χ2n) is 8.48. The summed E-state index contributed by atoms with van der Waals surface area (Å²) in [6.45, 7) is -0.481. The summed E-state index contributed by atoms with van der Waals surface area (Å²) in [5, 5.41) is 24.7. The van der Waals surface area contributed by atoms with Crippen molar-refractivity contribution in [1.29, 1.82) is 0 Å². The molecule has 4 aromatic carbocycles. The van der Waals surface area contributed by atoms with Crippen molar-refractivity contribution in [3.63, 3.8) is 0 Å². The summed E-state index contributed by atoms with van der Waals surface area (Å²) in [5.41, 5.74) is 0.995. The molecule has 0 atom stereocenters. The lowest BCUT2D eigenvalue weighted by atomic mass is 10.1. The molecule has 0 spiro atoms. The second-order valence-corrected chi connectivity index (χ2v) is 10.5. The first kappa shape index (κ1) is 27.7. The van der Waals surface area contributed by atoms with E-state index in [9.17, 15) is 24.8 Å². The number of nitro groups is 2. The average Bonchev–Trinajstić information content (AvgIpc) is 2.95. The molecule has 0 saturated carbocycles. The Morgan fingerprint density at radius 1 is 0.718 bits per heavy atom. The van der Waals surface area contributed by atoms with Gasteiger partial charge in [-0.1, -0.05) is 54.6 Å². The third kappa shape index (κ3) is 6.58. The fourth-order valence-electron chi connectivity index (χ4n) is 4.05. The number of fused-ring (bicyclic) bond motifs is 1. The van der Waals surface area contributed by atoms with E-state index in [1.807, 2.05) is 42.5 Å². The number of hydrogen-bond acceptors (Lipinski definition) is 9. The normalized spacial score (nSPS) is 11.3. The van der Waals surface area contributed by atoms with Crippen LogP contribution < -0.4 is 9.47 Å². The van der Waals surface area contributed by atoms with Crippen LogP contribution in [0, 0.1) is 20.2 Å². The number of methoxy groups -OCH3 is 2. The van der Waals surface area contributed by atoms with Crippen molar-refractivity contribution in [3.05, 3.63) is 116 Å². The van der Waals surface area contributed by atoms with E-state index in [-0.39, 0.29) is 42.2 Å². The molecule has 0 unspecified atom stereocenters. The summed E-state index contributed by atoms with van der Waals surface area (Å²) in [6.07, 6.45) is -0.0924. The monoisotopic (exact) mass is 552 g/mol. The number of nitro benzene ring substituents is 2. The third-order valence-corrected chi connectivity index (χ3v) is 7.75. The molecule has 0 heterocycles. The predicted octanol–water partition coefficient (Wildman–Crippen LogP) is 6.80. The Hall–Kier alpha value is -4.31. The predicted molar refractivity (Wildman–Crippen MR) is 144 cm³/mol. The van der Waals surface area contributed by atoms with Gasteiger partial charge >= 0.3 is 19.0 Å². The molecule has 0 bridgehead atoms. The molecule has 4 rings (SSSR count). The highest BCUT2D eigenvalue weighted by molar-refractivity contribution is 7.53.